The molecule has 1 N–H and O–H groups in total. The number of nitrogens with zero attached hydrogens (tertiary/aromatic N) is 2. The lowest BCUT2D eigenvalue weighted by atomic mass is 10.00. The van der Waals surface area contributed by atoms with Gasteiger partial charge in [-0.15, -0.1) is 0 Å². The number of carbonyl (C=O) groups excluding carboxylic acids is 1. The molecule has 2 amide bonds. The Kier molecular flexibility index (Phi) is 5.04. The molecule has 0 aliphatic carbocycles. The van der Waals surface area contributed by atoms with Gasteiger partial charge < -0.3 is 15.0 Å². The highest BCUT2D eigenvalue weighted by atomic mass is 35.5. The summed E-state index contributed by atoms with van der Waals surface area (Å²) in [5, 5.41) is 3.21. The van der Waals surface area contributed by atoms with Crippen LogP contribution in [0.4, 0.5) is 9.18 Å². The topological polar surface area (TPSA) is 44.8 Å². The smallest absolute Gasteiger partial charge is 0.317 e. The van der Waals surface area contributed by atoms with Gasteiger partial charge in [-0.05, 0) is 31.2 Å². The molecule has 0 unspecified atom stereocenters. The second-order valence-corrected chi connectivity index (χ2v) is 6.45. The van der Waals surface area contributed by atoms with Crippen LogP contribution in [0.5, 0.6) is 0 Å². The fraction of sp³-hybridized carbons (Fsp3) is 0.562. The van der Waals surface area contributed by atoms with Crippen molar-refractivity contribution in [3.05, 3.63) is 34.6 Å². The molecular formula is C16H21ClFN3O2. The minimum Gasteiger partial charge on any atom is -0.378 e. The Bertz CT molecular complexity index is 580. The quantitative estimate of drug-likeness (QED) is 0.897. The third kappa shape index (κ3) is 3.59. The number of amides is 2. The van der Waals surface area contributed by atoms with Crippen molar-refractivity contribution in [2.45, 2.75) is 18.5 Å². The highest BCUT2D eigenvalue weighted by Crippen LogP contribution is 2.32. The number of likely N-dealkylation sites (N-methyl/N-ethyl adjacent to an activating group) is 1. The molecule has 7 heteroatoms. The van der Waals surface area contributed by atoms with Crippen molar-refractivity contribution in [1.29, 1.82) is 0 Å². The maximum atomic E-state index is 13.8. The molecule has 2 aliphatic heterocycles. The standard InChI is InChI=1S/C16H21ClFN3O2/c1-20-5-4-14(19-16(22)21-6-8-23-9-7-21)15(20)11-2-3-12(17)13(18)10-11/h2-3,10,14-15H,4-9H2,1H3,(H,19,22)/t14-,15+/m0/s1. The van der Waals surface area contributed by atoms with Gasteiger partial charge in [0.1, 0.15) is 5.82 Å². The van der Waals surface area contributed by atoms with E-state index in [-0.39, 0.29) is 23.1 Å². The third-order valence-electron chi connectivity index (χ3n) is 4.54. The maximum Gasteiger partial charge on any atom is 0.317 e. The number of rotatable bonds is 2. The number of morpholine rings is 1. The van der Waals surface area contributed by atoms with Crippen molar-refractivity contribution < 1.29 is 13.9 Å². The Labute approximate surface area is 140 Å². The number of likely N-dealkylation sites (tertiary alicyclic amines) is 1. The van der Waals surface area contributed by atoms with E-state index >= 15 is 0 Å². The van der Waals surface area contributed by atoms with Crippen LogP contribution in [-0.4, -0.2) is 61.8 Å². The zero-order valence-corrected chi connectivity index (χ0v) is 13.9. The molecule has 2 atom stereocenters. The number of hydrogen-bond acceptors (Lipinski definition) is 3. The van der Waals surface area contributed by atoms with Crippen LogP contribution in [-0.2, 0) is 4.74 Å². The molecule has 0 aromatic heterocycles. The molecule has 5 nitrogen and oxygen atoms in total. The van der Waals surface area contributed by atoms with Crippen LogP contribution in [0.25, 0.3) is 0 Å². The zero-order chi connectivity index (χ0) is 16.4. The number of ether oxygens (including phenoxy) is 1. The van der Waals surface area contributed by atoms with Gasteiger partial charge in [0.2, 0.25) is 0 Å². The predicted octanol–water partition coefficient (Wildman–Crippen LogP) is 2.27. The monoisotopic (exact) mass is 341 g/mol. The molecule has 0 saturated carbocycles. The van der Waals surface area contributed by atoms with E-state index in [0.29, 0.717) is 26.3 Å². The minimum atomic E-state index is -0.428. The summed E-state index contributed by atoms with van der Waals surface area (Å²) in [6, 6.07) is 4.68. The molecular weight excluding hydrogens is 321 g/mol. The first kappa shape index (κ1) is 16.5. The van der Waals surface area contributed by atoms with Gasteiger partial charge >= 0.3 is 6.03 Å². The Morgan fingerprint density at radius 2 is 2.09 bits per heavy atom. The molecule has 2 aliphatic rings. The van der Waals surface area contributed by atoms with E-state index in [2.05, 4.69) is 10.2 Å². The molecule has 2 heterocycles. The van der Waals surface area contributed by atoms with Gasteiger partial charge in [0, 0.05) is 19.6 Å². The Morgan fingerprint density at radius 3 is 2.78 bits per heavy atom. The van der Waals surface area contributed by atoms with E-state index in [9.17, 15) is 9.18 Å². The van der Waals surface area contributed by atoms with Crippen molar-refractivity contribution in [1.82, 2.24) is 15.1 Å². The van der Waals surface area contributed by atoms with Crippen LogP contribution < -0.4 is 5.32 Å². The summed E-state index contributed by atoms with van der Waals surface area (Å²) < 4.78 is 19.0. The van der Waals surface area contributed by atoms with Gasteiger partial charge in [0.25, 0.3) is 0 Å². The highest BCUT2D eigenvalue weighted by molar-refractivity contribution is 6.30. The molecule has 2 saturated heterocycles. The summed E-state index contributed by atoms with van der Waals surface area (Å²) in [7, 11) is 1.98. The molecule has 2 fully saturated rings. The first-order valence-electron chi connectivity index (χ1n) is 7.84. The summed E-state index contributed by atoms with van der Waals surface area (Å²) >= 11 is 5.77. The van der Waals surface area contributed by atoms with Gasteiger partial charge in [-0.25, -0.2) is 9.18 Å². The fourth-order valence-corrected chi connectivity index (χ4v) is 3.41. The lowest BCUT2D eigenvalue weighted by Crippen LogP contribution is -2.50. The van der Waals surface area contributed by atoms with Crippen molar-refractivity contribution in [2.24, 2.45) is 0 Å². The Morgan fingerprint density at radius 1 is 1.35 bits per heavy atom. The van der Waals surface area contributed by atoms with Crippen molar-refractivity contribution in [3.8, 4) is 0 Å². The summed E-state index contributed by atoms with van der Waals surface area (Å²) in [6.07, 6.45) is 0.835. The highest BCUT2D eigenvalue weighted by Gasteiger charge is 2.35. The number of nitrogens with one attached hydrogen (secondary N) is 1. The van der Waals surface area contributed by atoms with Crippen molar-refractivity contribution in [3.63, 3.8) is 0 Å². The average molecular weight is 342 g/mol. The molecule has 23 heavy (non-hydrogen) atoms. The molecule has 3 rings (SSSR count). The van der Waals surface area contributed by atoms with Crippen LogP contribution >= 0.6 is 11.6 Å². The molecule has 0 radical (unpaired) electrons. The van der Waals surface area contributed by atoms with E-state index in [1.165, 1.54) is 6.07 Å². The first-order valence-corrected chi connectivity index (χ1v) is 8.22. The summed E-state index contributed by atoms with van der Waals surface area (Å²) in [5.41, 5.74) is 0.833. The lowest BCUT2D eigenvalue weighted by Gasteiger charge is -2.31. The lowest BCUT2D eigenvalue weighted by molar-refractivity contribution is 0.0521. The normalized spacial score (nSPS) is 25.6. The van der Waals surface area contributed by atoms with Crippen LogP contribution in [0.1, 0.15) is 18.0 Å². The number of urea groups is 1. The summed E-state index contributed by atoms with van der Waals surface area (Å²) in [4.78, 5) is 16.3. The summed E-state index contributed by atoms with van der Waals surface area (Å²) in [6.45, 7) is 3.21. The Hall–Kier alpha value is -1.37. The third-order valence-corrected chi connectivity index (χ3v) is 4.85. The second-order valence-electron chi connectivity index (χ2n) is 6.04. The number of halogens is 2. The van der Waals surface area contributed by atoms with Crippen LogP contribution in [0, 0.1) is 5.82 Å². The van der Waals surface area contributed by atoms with Crippen LogP contribution in [0.15, 0.2) is 18.2 Å². The van der Waals surface area contributed by atoms with E-state index in [1.54, 1.807) is 11.0 Å². The molecule has 1 aromatic rings. The maximum absolute atomic E-state index is 13.8. The van der Waals surface area contributed by atoms with Crippen molar-refractivity contribution >= 4 is 17.6 Å². The van der Waals surface area contributed by atoms with E-state index < -0.39 is 5.82 Å². The van der Waals surface area contributed by atoms with Crippen molar-refractivity contribution in [2.75, 3.05) is 39.9 Å². The average Bonchev–Trinajstić information content (AvgIpc) is 2.91. The SMILES string of the molecule is CN1CC[C@H](NC(=O)N2CCOCC2)[C@H]1c1ccc(Cl)c(F)c1. The van der Waals surface area contributed by atoms with Gasteiger partial charge in [0.15, 0.2) is 0 Å². The van der Waals surface area contributed by atoms with Gasteiger partial charge in [0.05, 0.1) is 30.3 Å². The largest absolute Gasteiger partial charge is 0.378 e. The van der Waals surface area contributed by atoms with Gasteiger partial charge in [-0.1, -0.05) is 17.7 Å². The molecule has 1 aromatic carbocycles. The van der Waals surface area contributed by atoms with E-state index in [1.807, 2.05) is 13.1 Å². The minimum absolute atomic E-state index is 0.0454. The van der Waals surface area contributed by atoms with Gasteiger partial charge in [-0.2, -0.15) is 0 Å². The summed E-state index contributed by atoms with van der Waals surface area (Å²) in [5.74, 6) is -0.428. The Balaban J connectivity index is 1.72. The number of hydrogen-bond donors (Lipinski definition) is 1. The molecule has 0 spiro atoms. The van der Waals surface area contributed by atoms with Crippen LogP contribution in [0.2, 0.25) is 5.02 Å². The zero-order valence-electron chi connectivity index (χ0n) is 13.1. The molecule has 126 valence electrons. The van der Waals surface area contributed by atoms with Gasteiger partial charge in [-0.3, -0.25) is 4.90 Å². The predicted molar refractivity (Wildman–Crippen MR) is 86.1 cm³/mol. The fourth-order valence-electron chi connectivity index (χ4n) is 3.30. The number of benzene rings is 1. The number of carbonyl (C=O) groups is 1. The first-order chi connectivity index (χ1) is 11.1. The second kappa shape index (κ2) is 7.03. The van der Waals surface area contributed by atoms with E-state index in [4.69, 9.17) is 16.3 Å². The molecule has 0 bridgehead atoms. The van der Waals surface area contributed by atoms with Crippen LogP contribution in [0.3, 0.4) is 0 Å². The van der Waals surface area contributed by atoms with E-state index in [0.717, 1.165) is 18.5 Å².